The summed E-state index contributed by atoms with van der Waals surface area (Å²) < 4.78 is 0. The normalized spacial score (nSPS) is 29.0. The first-order valence-corrected chi connectivity index (χ1v) is 6.03. The summed E-state index contributed by atoms with van der Waals surface area (Å²) in [4.78, 5) is 1.84. The van der Waals surface area contributed by atoms with Crippen LogP contribution in [0.25, 0.3) is 0 Å². The molecule has 1 aliphatic heterocycles. The van der Waals surface area contributed by atoms with E-state index in [-0.39, 0.29) is 24.8 Å². The summed E-state index contributed by atoms with van der Waals surface area (Å²) >= 11 is 0. The maximum absolute atomic E-state index is 2.48. The second-order valence-corrected chi connectivity index (χ2v) is 4.88. The average molecular weight is 255 g/mol. The molecule has 92 valence electrons. The molecule has 0 aromatic carbocycles. The highest BCUT2D eigenvalue weighted by Gasteiger charge is 2.31. The van der Waals surface area contributed by atoms with Crippen molar-refractivity contribution in [2.24, 2.45) is 0 Å². The molecule has 1 heterocycles. The first-order valence-electron chi connectivity index (χ1n) is 6.03. The fourth-order valence-corrected chi connectivity index (χ4v) is 3.06. The van der Waals surface area contributed by atoms with Crippen molar-refractivity contribution in [1.82, 2.24) is 0 Å². The smallest absolute Gasteiger partial charge is 0.142 e. The van der Waals surface area contributed by atoms with E-state index in [0.29, 0.717) is 0 Å². The van der Waals surface area contributed by atoms with E-state index in [2.05, 4.69) is 12.4 Å². The monoisotopic (exact) mass is 254 g/mol. The molecule has 15 heavy (non-hydrogen) atoms. The number of hydrogen-bond acceptors (Lipinski definition) is 0. The van der Waals surface area contributed by atoms with Crippen molar-refractivity contribution in [2.75, 3.05) is 20.1 Å². The summed E-state index contributed by atoms with van der Waals surface area (Å²) in [6.07, 6.45) is 8.88. The number of quaternary nitrogens is 2. The fraction of sp³-hybridized carbons (Fsp3) is 1.00. The van der Waals surface area contributed by atoms with Crippen LogP contribution < -0.4 is 35.0 Å². The van der Waals surface area contributed by atoms with Crippen LogP contribution in [0.1, 0.15) is 38.5 Å². The van der Waals surface area contributed by atoms with Crippen LogP contribution in [-0.2, 0) is 0 Å². The number of nitrogens with one attached hydrogen (secondary N) is 1. The maximum atomic E-state index is 2.48. The lowest BCUT2D eigenvalue weighted by Gasteiger charge is -2.31. The number of hydrogen-bond donors (Lipinski definition) is 2. The molecule has 1 aliphatic carbocycles. The SMILES string of the molecule is C[NH+](C1CCCCC1)C1CC[NH2+]C1.[Cl-].[Cl-]. The average Bonchev–Trinajstić information content (AvgIpc) is 2.71. The molecular weight excluding hydrogens is 231 g/mol. The molecule has 0 amide bonds. The van der Waals surface area contributed by atoms with Gasteiger partial charge in [0, 0.05) is 0 Å². The minimum absolute atomic E-state index is 0. The molecule has 0 bridgehead atoms. The van der Waals surface area contributed by atoms with E-state index in [9.17, 15) is 0 Å². The van der Waals surface area contributed by atoms with Gasteiger partial charge in [0.1, 0.15) is 12.6 Å². The Morgan fingerprint density at radius 2 is 1.60 bits per heavy atom. The molecule has 2 atom stereocenters. The first-order chi connectivity index (χ1) is 6.38. The highest BCUT2D eigenvalue weighted by Crippen LogP contribution is 2.15. The maximum Gasteiger partial charge on any atom is 0.142 e. The van der Waals surface area contributed by atoms with Gasteiger partial charge in [-0.25, -0.2) is 0 Å². The molecule has 4 heteroatoms. The first kappa shape index (κ1) is 15.5. The second-order valence-electron chi connectivity index (χ2n) is 4.88. The Morgan fingerprint density at radius 3 is 2.13 bits per heavy atom. The summed E-state index contributed by atoms with van der Waals surface area (Å²) in [5, 5.41) is 2.48. The zero-order valence-electron chi connectivity index (χ0n) is 9.64. The minimum atomic E-state index is 0. The number of halogens is 2. The second kappa shape index (κ2) is 7.72. The summed E-state index contributed by atoms with van der Waals surface area (Å²) in [6.45, 7) is 2.75. The molecule has 1 saturated carbocycles. The lowest BCUT2D eigenvalue weighted by atomic mass is 9.93. The number of nitrogens with two attached hydrogens (primary N) is 1. The third-order valence-electron chi connectivity index (χ3n) is 4.06. The van der Waals surface area contributed by atoms with Gasteiger partial charge in [0.15, 0.2) is 0 Å². The van der Waals surface area contributed by atoms with Gasteiger partial charge in [-0.05, 0) is 25.7 Å². The topological polar surface area (TPSA) is 21.1 Å². The molecule has 2 fully saturated rings. The summed E-state index contributed by atoms with van der Waals surface area (Å²) in [7, 11) is 2.43. The molecule has 2 unspecified atom stereocenters. The molecular formula is C11H24Cl2N2. The van der Waals surface area contributed by atoms with Crippen LogP contribution in [0.4, 0.5) is 0 Å². The van der Waals surface area contributed by atoms with Gasteiger partial charge >= 0.3 is 0 Å². The van der Waals surface area contributed by atoms with E-state index in [1.807, 2.05) is 4.90 Å². The van der Waals surface area contributed by atoms with E-state index in [1.54, 1.807) is 0 Å². The van der Waals surface area contributed by atoms with Gasteiger partial charge < -0.3 is 35.0 Å². The molecule has 0 aromatic rings. The van der Waals surface area contributed by atoms with Crippen molar-refractivity contribution in [2.45, 2.75) is 50.6 Å². The quantitative estimate of drug-likeness (QED) is 0.489. The fourth-order valence-electron chi connectivity index (χ4n) is 3.06. The largest absolute Gasteiger partial charge is 1.00 e. The van der Waals surface area contributed by atoms with Gasteiger partial charge in [0.05, 0.1) is 26.1 Å². The molecule has 2 rings (SSSR count). The predicted molar refractivity (Wildman–Crippen MR) is 53.8 cm³/mol. The number of likely N-dealkylation sites (N-methyl/N-ethyl adjacent to an activating group) is 1. The molecule has 0 aromatic heterocycles. The van der Waals surface area contributed by atoms with E-state index < -0.39 is 0 Å². The molecule has 3 N–H and O–H groups in total. The van der Waals surface area contributed by atoms with Crippen LogP contribution in [-0.4, -0.2) is 32.2 Å². The lowest BCUT2D eigenvalue weighted by molar-refractivity contribution is -0.936. The van der Waals surface area contributed by atoms with Crippen molar-refractivity contribution >= 4 is 0 Å². The van der Waals surface area contributed by atoms with E-state index in [0.717, 1.165) is 12.1 Å². The van der Waals surface area contributed by atoms with Crippen molar-refractivity contribution < 1.29 is 35.0 Å². The van der Waals surface area contributed by atoms with Gasteiger partial charge in [0.2, 0.25) is 0 Å². The standard InChI is InChI=1S/C11H22N2.2ClH/c1-13(11-7-8-12-9-11)10-5-3-2-4-6-10;;/h10-12H,2-9H2,1H3;2*1H. The summed E-state index contributed by atoms with van der Waals surface area (Å²) in [5.74, 6) is 0. The van der Waals surface area contributed by atoms with Crippen molar-refractivity contribution in [1.29, 1.82) is 0 Å². The third kappa shape index (κ3) is 4.10. The van der Waals surface area contributed by atoms with Crippen LogP contribution >= 0.6 is 0 Å². The molecule has 0 spiro atoms. The lowest BCUT2D eigenvalue weighted by Crippen LogP contribution is -3.18. The highest BCUT2D eigenvalue weighted by molar-refractivity contribution is 4.66. The molecule has 0 radical (unpaired) electrons. The van der Waals surface area contributed by atoms with Gasteiger partial charge in [-0.1, -0.05) is 6.42 Å². The Kier molecular flexibility index (Phi) is 7.98. The van der Waals surface area contributed by atoms with Crippen molar-refractivity contribution in [3.05, 3.63) is 0 Å². The van der Waals surface area contributed by atoms with Crippen LogP contribution in [0, 0.1) is 0 Å². The number of rotatable bonds is 2. The van der Waals surface area contributed by atoms with Crippen LogP contribution in [0.3, 0.4) is 0 Å². The Balaban J connectivity index is 0.000000980. The van der Waals surface area contributed by atoms with Crippen LogP contribution in [0.2, 0.25) is 0 Å². The Morgan fingerprint density at radius 1 is 0.933 bits per heavy atom. The highest BCUT2D eigenvalue weighted by atomic mass is 35.5. The van der Waals surface area contributed by atoms with Gasteiger partial charge in [-0.15, -0.1) is 0 Å². The van der Waals surface area contributed by atoms with E-state index >= 15 is 0 Å². The minimum Gasteiger partial charge on any atom is -1.00 e. The van der Waals surface area contributed by atoms with E-state index in [4.69, 9.17) is 0 Å². The Labute approximate surface area is 106 Å². The molecule has 2 nitrogen and oxygen atoms in total. The zero-order valence-corrected chi connectivity index (χ0v) is 11.2. The van der Waals surface area contributed by atoms with Gasteiger partial charge in [0.25, 0.3) is 0 Å². The Bertz CT molecular complexity index is 155. The van der Waals surface area contributed by atoms with Crippen LogP contribution in [0.5, 0.6) is 0 Å². The molecule has 2 aliphatic rings. The Hall–Kier alpha value is 0.500. The van der Waals surface area contributed by atoms with Crippen molar-refractivity contribution in [3.63, 3.8) is 0 Å². The van der Waals surface area contributed by atoms with Gasteiger partial charge in [-0.2, -0.15) is 0 Å². The molecule has 1 saturated heterocycles. The summed E-state index contributed by atoms with van der Waals surface area (Å²) in [6, 6.07) is 1.95. The third-order valence-corrected chi connectivity index (χ3v) is 4.06. The van der Waals surface area contributed by atoms with Crippen LogP contribution in [0.15, 0.2) is 0 Å². The van der Waals surface area contributed by atoms with Crippen molar-refractivity contribution in [3.8, 4) is 0 Å². The van der Waals surface area contributed by atoms with Gasteiger partial charge in [-0.3, -0.25) is 0 Å². The van der Waals surface area contributed by atoms with E-state index in [1.165, 1.54) is 51.6 Å². The summed E-state index contributed by atoms with van der Waals surface area (Å²) in [5.41, 5.74) is 0. The zero-order chi connectivity index (χ0) is 9.10. The predicted octanol–water partition coefficient (Wildman–Crippen LogP) is -6.82.